The zero-order valence-electron chi connectivity index (χ0n) is 16.1. The van der Waals surface area contributed by atoms with E-state index in [1.165, 1.54) is 0 Å². The molecule has 8 heteroatoms. The first-order chi connectivity index (χ1) is 14.8. The molecule has 0 saturated carbocycles. The van der Waals surface area contributed by atoms with Crippen LogP contribution in [-0.2, 0) is 6.61 Å². The van der Waals surface area contributed by atoms with E-state index in [4.69, 9.17) is 55.9 Å². The third-order valence-electron chi connectivity index (χ3n) is 4.32. The summed E-state index contributed by atoms with van der Waals surface area (Å²) in [6.45, 7) is 0.234. The molecule has 0 bridgehead atoms. The minimum absolute atomic E-state index is 0.234. The molecule has 3 rings (SSSR count). The highest BCUT2D eigenvalue weighted by Crippen LogP contribution is 2.37. The lowest BCUT2D eigenvalue weighted by atomic mass is 10.0. The van der Waals surface area contributed by atoms with Crippen molar-refractivity contribution in [2.24, 2.45) is 0 Å². The van der Waals surface area contributed by atoms with E-state index in [1.54, 1.807) is 61.7 Å². The first-order valence-electron chi connectivity index (χ1n) is 8.84. The van der Waals surface area contributed by atoms with E-state index in [0.29, 0.717) is 47.2 Å². The number of nitriles is 1. The van der Waals surface area contributed by atoms with Gasteiger partial charge in [0.05, 0.1) is 23.8 Å². The Morgan fingerprint density at radius 1 is 0.968 bits per heavy atom. The van der Waals surface area contributed by atoms with Crippen molar-refractivity contribution in [2.45, 2.75) is 6.61 Å². The molecule has 31 heavy (non-hydrogen) atoms. The summed E-state index contributed by atoms with van der Waals surface area (Å²) in [4.78, 5) is 0. The zero-order valence-corrected chi connectivity index (χ0v) is 20.7. The fourth-order valence-electron chi connectivity index (χ4n) is 2.76. The summed E-state index contributed by atoms with van der Waals surface area (Å²) in [6, 6.07) is 15.9. The van der Waals surface area contributed by atoms with Crippen LogP contribution >= 0.6 is 62.3 Å². The second kappa shape index (κ2) is 10.6. The van der Waals surface area contributed by atoms with Crippen molar-refractivity contribution in [3.05, 3.63) is 89.8 Å². The zero-order chi connectivity index (χ0) is 22.5. The minimum atomic E-state index is 0.234. The van der Waals surface area contributed by atoms with E-state index in [2.05, 4.69) is 22.0 Å². The summed E-state index contributed by atoms with van der Waals surface area (Å²) in [5.74, 6) is 1.01. The Hall–Kier alpha value is -1.87. The van der Waals surface area contributed by atoms with Crippen molar-refractivity contribution < 1.29 is 9.47 Å². The number of methoxy groups -OCH3 is 1. The second-order valence-corrected chi connectivity index (χ2v) is 8.88. The van der Waals surface area contributed by atoms with Crippen molar-refractivity contribution in [3.63, 3.8) is 0 Å². The van der Waals surface area contributed by atoms with Gasteiger partial charge in [0.25, 0.3) is 0 Å². The maximum atomic E-state index is 9.66. The Morgan fingerprint density at radius 2 is 1.65 bits per heavy atom. The van der Waals surface area contributed by atoms with Crippen molar-refractivity contribution in [1.82, 2.24) is 0 Å². The summed E-state index contributed by atoms with van der Waals surface area (Å²) in [6.07, 6.45) is 1.71. The summed E-state index contributed by atoms with van der Waals surface area (Å²) >= 11 is 27.9. The molecule has 0 heterocycles. The number of rotatable bonds is 6. The largest absolute Gasteiger partial charge is 0.493 e. The molecule has 3 aromatic carbocycles. The van der Waals surface area contributed by atoms with E-state index >= 15 is 0 Å². The summed E-state index contributed by atoms with van der Waals surface area (Å²) < 4.78 is 12.1. The fraction of sp³-hybridized carbons (Fsp3) is 0.0870. The Balaban J connectivity index is 1.92. The van der Waals surface area contributed by atoms with E-state index in [9.17, 15) is 5.26 Å². The quantitative estimate of drug-likeness (QED) is 0.225. The lowest BCUT2D eigenvalue weighted by Gasteiger charge is -2.14. The van der Waals surface area contributed by atoms with Gasteiger partial charge >= 0.3 is 0 Å². The van der Waals surface area contributed by atoms with Crippen LogP contribution in [0.4, 0.5) is 0 Å². The van der Waals surface area contributed by atoms with Gasteiger partial charge in [-0.25, -0.2) is 0 Å². The Kier molecular flexibility index (Phi) is 8.16. The van der Waals surface area contributed by atoms with Crippen LogP contribution in [0.5, 0.6) is 11.5 Å². The molecule has 0 radical (unpaired) electrons. The molecule has 0 unspecified atom stereocenters. The Bertz CT molecular complexity index is 1200. The lowest BCUT2D eigenvalue weighted by molar-refractivity contribution is 0.284. The van der Waals surface area contributed by atoms with Crippen LogP contribution in [0.2, 0.25) is 20.1 Å². The molecule has 158 valence electrons. The summed E-state index contributed by atoms with van der Waals surface area (Å²) in [7, 11) is 1.54. The first kappa shape index (κ1) is 23.8. The van der Waals surface area contributed by atoms with Gasteiger partial charge in [0.15, 0.2) is 11.5 Å². The number of benzene rings is 3. The van der Waals surface area contributed by atoms with Crippen molar-refractivity contribution in [3.8, 4) is 17.6 Å². The molecule has 0 aliphatic carbocycles. The molecular formula is C23H14BrCl4NO2. The van der Waals surface area contributed by atoms with E-state index in [-0.39, 0.29) is 6.61 Å². The van der Waals surface area contributed by atoms with Crippen LogP contribution in [-0.4, -0.2) is 7.11 Å². The molecule has 0 fully saturated rings. The van der Waals surface area contributed by atoms with Crippen molar-refractivity contribution >= 4 is 74.0 Å². The minimum Gasteiger partial charge on any atom is -0.493 e. The average Bonchev–Trinajstić information content (AvgIpc) is 2.73. The fourth-order valence-corrected chi connectivity index (χ4v) is 4.17. The number of ether oxygens (including phenoxy) is 2. The number of hydrogen-bond donors (Lipinski definition) is 0. The molecule has 0 amide bonds. The normalized spacial score (nSPS) is 11.2. The molecule has 0 spiro atoms. The highest BCUT2D eigenvalue weighted by atomic mass is 79.9. The van der Waals surface area contributed by atoms with Crippen molar-refractivity contribution in [1.29, 1.82) is 5.26 Å². The number of hydrogen-bond acceptors (Lipinski definition) is 3. The van der Waals surface area contributed by atoms with Crippen LogP contribution < -0.4 is 9.47 Å². The van der Waals surface area contributed by atoms with Crippen molar-refractivity contribution in [2.75, 3.05) is 7.11 Å². The van der Waals surface area contributed by atoms with Crippen LogP contribution in [0.15, 0.2) is 53.0 Å². The Morgan fingerprint density at radius 3 is 2.26 bits per heavy atom. The third-order valence-corrected chi connectivity index (χ3v) is 6.14. The van der Waals surface area contributed by atoms with E-state index in [1.807, 2.05) is 0 Å². The van der Waals surface area contributed by atoms with Gasteiger partial charge in [0, 0.05) is 30.7 Å². The van der Waals surface area contributed by atoms with Gasteiger partial charge in [-0.1, -0.05) is 74.5 Å². The smallest absolute Gasteiger partial charge is 0.162 e. The standard InChI is InChI=1S/C23H14BrCl4NO2/c1-30-22-7-14(6-15(11-29)18-5-4-17(26)9-21(18)28)19(24)10-23(22)31-12-13-2-3-16(25)8-20(13)27/h2-10H,12H2,1H3/b15-6+. The molecule has 0 aliphatic heterocycles. The molecule has 0 aliphatic rings. The van der Waals surface area contributed by atoms with Crippen LogP contribution in [0.1, 0.15) is 16.7 Å². The Labute approximate surface area is 208 Å². The van der Waals surface area contributed by atoms with E-state index < -0.39 is 0 Å². The van der Waals surface area contributed by atoms with Gasteiger partial charge in [-0.3, -0.25) is 0 Å². The SMILES string of the molecule is COc1cc(/C=C(\C#N)c2ccc(Cl)cc2Cl)c(Br)cc1OCc1ccc(Cl)cc1Cl. The topological polar surface area (TPSA) is 42.2 Å². The predicted octanol–water partition coefficient (Wildman–Crippen LogP) is 8.71. The molecule has 0 saturated heterocycles. The molecule has 3 aromatic rings. The van der Waals surface area contributed by atoms with Gasteiger partial charge in [0.2, 0.25) is 0 Å². The highest BCUT2D eigenvalue weighted by Gasteiger charge is 2.13. The summed E-state index contributed by atoms with van der Waals surface area (Å²) in [5, 5.41) is 11.6. The van der Waals surface area contributed by atoms with Gasteiger partial charge in [-0.2, -0.15) is 5.26 Å². The molecule has 0 aromatic heterocycles. The molecule has 0 atom stereocenters. The highest BCUT2D eigenvalue weighted by molar-refractivity contribution is 9.10. The van der Waals surface area contributed by atoms with Crippen LogP contribution in [0.3, 0.4) is 0 Å². The van der Waals surface area contributed by atoms with Gasteiger partial charge in [0.1, 0.15) is 6.61 Å². The lowest BCUT2D eigenvalue weighted by Crippen LogP contribution is -1.99. The van der Waals surface area contributed by atoms with Gasteiger partial charge in [-0.15, -0.1) is 0 Å². The van der Waals surface area contributed by atoms with Gasteiger partial charge < -0.3 is 9.47 Å². The average molecular weight is 558 g/mol. The summed E-state index contributed by atoms with van der Waals surface area (Å²) in [5.41, 5.74) is 2.47. The molecule has 3 nitrogen and oxygen atoms in total. The molecular weight excluding hydrogens is 544 g/mol. The predicted molar refractivity (Wildman–Crippen MR) is 131 cm³/mol. The maximum absolute atomic E-state index is 9.66. The first-order valence-corrected chi connectivity index (χ1v) is 11.1. The van der Waals surface area contributed by atoms with E-state index in [0.717, 1.165) is 11.1 Å². The van der Waals surface area contributed by atoms with Crippen LogP contribution in [0.25, 0.3) is 11.6 Å². The number of allylic oxidation sites excluding steroid dienone is 1. The third kappa shape index (κ3) is 5.88. The number of halogens is 5. The number of nitrogens with zero attached hydrogens (tertiary/aromatic N) is 1. The maximum Gasteiger partial charge on any atom is 0.162 e. The van der Waals surface area contributed by atoms with Crippen LogP contribution in [0, 0.1) is 11.3 Å². The monoisotopic (exact) mass is 555 g/mol. The molecule has 0 N–H and O–H groups in total. The van der Waals surface area contributed by atoms with Gasteiger partial charge in [-0.05, 0) is 48.0 Å². The second-order valence-electron chi connectivity index (χ2n) is 6.34.